The standard InChI is InChI=1S/C18H15F3N4O2S/c1-11-5-4-8-15(23-11)25-17-24-13(10-28-17)16(26)22-9-12-6-2-3-7-14(12)27-18(19,20)21/h2-8,10H,9H2,1H3,(H,22,26)(H,23,24,25). The van der Waals surface area contributed by atoms with Gasteiger partial charge in [-0.05, 0) is 25.1 Å². The van der Waals surface area contributed by atoms with Gasteiger partial charge >= 0.3 is 6.36 Å². The number of ether oxygens (including phenoxy) is 1. The van der Waals surface area contributed by atoms with Gasteiger partial charge in [0.15, 0.2) is 5.13 Å². The number of hydrogen-bond donors (Lipinski definition) is 2. The Labute approximate surface area is 162 Å². The Morgan fingerprint density at radius 2 is 1.93 bits per heavy atom. The van der Waals surface area contributed by atoms with Crippen LogP contribution in [-0.2, 0) is 6.54 Å². The van der Waals surface area contributed by atoms with Gasteiger partial charge in [-0.3, -0.25) is 4.79 Å². The summed E-state index contributed by atoms with van der Waals surface area (Å²) in [5, 5.41) is 7.57. The predicted molar refractivity (Wildman–Crippen MR) is 98.7 cm³/mol. The van der Waals surface area contributed by atoms with Gasteiger partial charge in [0.25, 0.3) is 5.91 Å². The first kappa shape index (κ1) is 19.6. The molecule has 0 radical (unpaired) electrons. The Bertz CT molecular complexity index is 975. The second kappa shape index (κ2) is 8.26. The SMILES string of the molecule is Cc1cccc(Nc2nc(C(=O)NCc3ccccc3OC(F)(F)F)cs2)n1. The molecule has 28 heavy (non-hydrogen) atoms. The normalized spacial score (nSPS) is 11.1. The van der Waals surface area contributed by atoms with E-state index in [9.17, 15) is 18.0 Å². The first-order valence-corrected chi connectivity index (χ1v) is 8.96. The summed E-state index contributed by atoms with van der Waals surface area (Å²) in [4.78, 5) is 20.7. The number of anilines is 2. The number of nitrogens with one attached hydrogen (secondary N) is 2. The molecule has 0 unspecified atom stereocenters. The van der Waals surface area contributed by atoms with Gasteiger partial charge in [0, 0.05) is 23.2 Å². The number of thiazole rings is 1. The summed E-state index contributed by atoms with van der Waals surface area (Å²) in [6.07, 6.45) is -4.81. The van der Waals surface area contributed by atoms with E-state index in [2.05, 4.69) is 25.3 Å². The van der Waals surface area contributed by atoms with Gasteiger partial charge in [-0.2, -0.15) is 0 Å². The van der Waals surface area contributed by atoms with Crippen molar-refractivity contribution in [3.8, 4) is 5.75 Å². The zero-order valence-electron chi connectivity index (χ0n) is 14.6. The number of aromatic nitrogens is 2. The molecule has 146 valence electrons. The maximum atomic E-state index is 12.5. The molecule has 2 aromatic heterocycles. The minimum absolute atomic E-state index is 0.134. The molecule has 0 saturated carbocycles. The van der Waals surface area contributed by atoms with Crippen molar-refractivity contribution in [3.05, 3.63) is 64.8 Å². The summed E-state index contributed by atoms with van der Waals surface area (Å²) in [5.41, 5.74) is 1.18. The molecule has 0 atom stereocenters. The lowest BCUT2D eigenvalue weighted by atomic mass is 10.2. The fourth-order valence-electron chi connectivity index (χ4n) is 2.30. The Kier molecular flexibility index (Phi) is 5.78. The number of amides is 1. The van der Waals surface area contributed by atoms with Crippen LogP contribution < -0.4 is 15.4 Å². The quantitative estimate of drug-likeness (QED) is 0.632. The van der Waals surface area contributed by atoms with E-state index < -0.39 is 12.3 Å². The van der Waals surface area contributed by atoms with Crippen molar-refractivity contribution in [1.29, 1.82) is 0 Å². The van der Waals surface area contributed by atoms with Crippen LogP contribution in [0.15, 0.2) is 47.8 Å². The first-order valence-electron chi connectivity index (χ1n) is 8.08. The average Bonchev–Trinajstić information content (AvgIpc) is 3.08. The minimum atomic E-state index is -4.81. The Balaban J connectivity index is 1.63. The maximum absolute atomic E-state index is 12.5. The second-order valence-corrected chi connectivity index (χ2v) is 6.52. The number of halogens is 3. The molecular formula is C18H15F3N4O2S. The topological polar surface area (TPSA) is 76.1 Å². The van der Waals surface area contributed by atoms with Crippen LogP contribution in [0.4, 0.5) is 24.1 Å². The van der Waals surface area contributed by atoms with Crippen molar-refractivity contribution in [3.63, 3.8) is 0 Å². The molecule has 3 rings (SSSR count). The molecule has 6 nitrogen and oxygen atoms in total. The molecule has 3 aromatic rings. The molecule has 0 aliphatic heterocycles. The van der Waals surface area contributed by atoms with Gasteiger partial charge < -0.3 is 15.4 Å². The molecule has 0 aliphatic carbocycles. The highest BCUT2D eigenvalue weighted by atomic mass is 32.1. The largest absolute Gasteiger partial charge is 0.573 e. The van der Waals surface area contributed by atoms with E-state index >= 15 is 0 Å². The Morgan fingerprint density at radius 3 is 2.68 bits per heavy atom. The van der Waals surface area contributed by atoms with Gasteiger partial charge in [-0.25, -0.2) is 9.97 Å². The Morgan fingerprint density at radius 1 is 1.14 bits per heavy atom. The lowest BCUT2D eigenvalue weighted by molar-refractivity contribution is -0.274. The zero-order chi connectivity index (χ0) is 20.1. The predicted octanol–water partition coefficient (Wildman–Crippen LogP) is 4.42. The number of rotatable bonds is 6. The third-order valence-electron chi connectivity index (χ3n) is 3.50. The molecule has 1 aromatic carbocycles. The van der Waals surface area contributed by atoms with Crippen molar-refractivity contribution < 1.29 is 22.7 Å². The average molecular weight is 408 g/mol. The molecule has 10 heteroatoms. The molecule has 0 aliphatic rings. The second-order valence-electron chi connectivity index (χ2n) is 5.67. The van der Waals surface area contributed by atoms with E-state index in [1.54, 1.807) is 17.5 Å². The van der Waals surface area contributed by atoms with Crippen LogP contribution in [-0.4, -0.2) is 22.2 Å². The number of carbonyl (C=O) groups excluding carboxylic acids is 1. The number of para-hydroxylation sites is 1. The molecule has 0 bridgehead atoms. The lowest BCUT2D eigenvalue weighted by Crippen LogP contribution is -2.24. The monoisotopic (exact) mass is 408 g/mol. The maximum Gasteiger partial charge on any atom is 0.573 e. The summed E-state index contributed by atoms with van der Waals surface area (Å²) >= 11 is 1.21. The van der Waals surface area contributed by atoms with Gasteiger partial charge in [0.2, 0.25) is 0 Å². The summed E-state index contributed by atoms with van der Waals surface area (Å²) in [7, 11) is 0. The number of hydrogen-bond acceptors (Lipinski definition) is 6. The van der Waals surface area contributed by atoms with Crippen LogP contribution in [0.3, 0.4) is 0 Å². The molecule has 1 amide bonds. The number of pyridine rings is 1. The van der Waals surface area contributed by atoms with Crippen LogP contribution in [0.2, 0.25) is 0 Å². The highest BCUT2D eigenvalue weighted by Gasteiger charge is 2.32. The first-order chi connectivity index (χ1) is 13.3. The number of alkyl halides is 3. The molecule has 2 heterocycles. The fourth-order valence-corrected chi connectivity index (χ4v) is 3.00. The molecular weight excluding hydrogens is 393 g/mol. The van der Waals surface area contributed by atoms with Crippen molar-refractivity contribution in [2.24, 2.45) is 0 Å². The Hall–Kier alpha value is -3.14. The number of benzene rings is 1. The van der Waals surface area contributed by atoms with E-state index in [-0.39, 0.29) is 23.6 Å². The highest BCUT2D eigenvalue weighted by Crippen LogP contribution is 2.26. The van der Waals surface area contributed by atoms with Crippen molar-refractivity contribution >= 4 is 28.2 Å². The summed E-state index contributed by atoms with van der Waals surface area (Å²) in [5.74, 6) is -0.274. The third kappa shape index (κ3) is 5.43. The van der Waals surface area contributed by atoms with Crippen molar-refractivity contribution in [2.75, 3.05) is 5.32 Å². The fraction of sp³-hybridized carbons (Fsp3) is 0.167. The molecule has 2 N–H and O–H groups in total. The van der Waals surface area contributed by atoms with E-state index in [1.807, 2.05) is 19.1 Å². The number of carbonyl (C=O) groups is 1. The summed E-state index contributed by atoms with van der Waals surface area (Å²) in [6.45, 7) is 1.72. The number of aryl methyl sites for hydroxylation is 1. The van der Waals surface area contributed by atoms with Gasteiger partial charge in [0.1, 0.15) is 17.3 Å². The van der Waals surface area contributed by atoms with Crippen LogP contribution in [0.25, 0.3) is 0 Å². The summed E-state index contributed by atoms with van der Waals surface area (Å²) in [6, 6.07) is 11.1. The van der Waals surface area contributed by atoms with Crippen molar-refractivity contribution in [2.45, 2.75) is 19.8 Å². The van der Waals surface area contributed by atoms with Crippen LogP contribution in [0, 0.1) is 6.92 Å². The molecule has 0 spiro atoms. The van der Waals surface area contributed by atoms with Gasteiger partial charge in [-0.1, -0.05) is 24.3 Å². The van der Waals surface area contributed by atoms with Crippen LogP contribution in [0.5, 0.6) is 5.75 Å². The van der Waals surface area contributed by atoms with E-state index in [4.69, 9.17) is 0 Å². The van der Waals surface area contributed by atoms with Gasteiger partial charge in [0.05, 0.1) is 0 Å². The summed E-state index contributed by atoms with van der Waals surface area (Å²) < 4.78 is 41.4. The lowest BCUT2D eigenvalue weighted by Gasteiger charge is -2.13. The third-order valence-corrected chi connectivity index (χ3v) is 4.26. The molecule has 0 fully saturated rings. The van der Waals surface area contributed by atoms with Crippen LogP contribution >= 0.6 is 11.3 Å². The van der Waals surface area contributed by atoms with Gasteiger partial charge in [-0.15, -0.1) is 24.5 Å². The zero-order valence-corrected chi connectivity index (χ0v) is 15.4. The molecule has 0 saturated heterocycles. The van der Waals surface area contributed by atoms with Crippen LogP contribution in [0.1, 0.15) is 21.7 Å². The number of nitrogens with zero attached hydrogens (tertiary/aromatic N) is 2. The van der Waals surface area contributed by atoms with E-state index in [0.29, 0.717) is 10.9 Å². The van der Waals surface area contributed by atoms with E-state index in [1.165, 1.54) is 29.5 Å². The van der Waals surface area contributed by atoms with E-state index in [0.717, 1.165) is 5.69 Å². The smallest absolute Gasteiger partial charge is 0.405 e. The minimum Gasteiger partial charge on any atom is -0.405 e. The highest BCUT2D eigenvalue weighted by molar-refractivity contribution is 7.14. The van der Waals surface area contributed by atoms with Crippen molar-refractivity contribution in [1.82, 2.24) is 15.3 Å².